The van der Waals surface area contributed by atoms with E-state index < -0.39 is 0 Å². The first-order valence-electron chi connectivity index (χ1n) is 7.59. The molecular formula is C17H23N5O. The molecule has 0 spiro atoms. The van der Waals surface area contributed by atoms with Gasteiger partial charge in [0.2, 0.25) is 5.95 Å². The van der Waals surface area contributed by atoms with Gasteiger partial charge in [0.15, 0.2) is 0 Å². The fourth-order valence-electron chi connectivity index (χ4n) is 2.01. The standard InChI is InChI=1S/C17H23N5O/c1-13-6-4-5-7-14(13)10-19-17-20-11-15(12-21-17)16(23)18-8-9-22(2)3/h4-7,11-12H,8-10H2,1-3H3,(H,18,23)(H,19,20,21). The summed E-state index contributed by atoms with van der Waals surface area (Å²) < 4.78 is 0. The van der Waals surface area contributed by atoms with E-state index in [0.29, 0.717) is 24.6 Å². The summed E-state index contributed by atoms with van der Waals surface area (Å²) in [6.07, 6.45) is 3.08. The molecule has 0 atom stereocenters. The Balaban J connectivity index is 1.87. The Morgan fingerprint density at radius 2 is 1.87 bits per heavy atom. The number of hydrogen-bond acceptors (Lipinski definition) is 5. The Labute approximate surface area is 137 Å². The van der Waals surface area contributed by atoms with Crippen LogP contribution in [0.1, 0.15) is 21.5 Å². The number of nitrogens with zero attached hydrogens (tertiary/aromatic N) is 3. The Kier molecular flexibility index (Phi) is 6.05. The topological polar surface area (TPSA) is 70.2 Å². The third-order valence-corrected chi connectivity index (χ3v) is 3.46. The van der Waals surface area contributed by atoms with Crippen LogP contribution in [0, 0.1) is 6.92 Å². The van der Waals surface area contributed by atoms with Crippen molar-refractivity contribution < 1.29 is 4.79 Å². The minimum atomic E-state index is -0.155. The van der Waals surface area contributed by atoms with Crippen LogP contribution in [-0.4, -0.2) is 48.0 Å². The number of amides is 1. The molecule has 0 aliphatic carbocycles. The summed E-state index contributed by atoms with van der Waals surface area (Å²) in [6, 6.07) is 8.15. The summed E-state index contributed by atoms with van der Waals surface area (Å²) >= 11 is 0. The van der Waals surface area contributed by atoms with Crippen LogP contribution in [0.15, 0.2) is 36.7 Å². The van der Waals surface area contributed by atoms with Gasteiger partial charge < -0.3 is 15.5 Å². The number of anilines is 1. The van der Waals surface area contributed by atoms with Gasteiger partial charge in [-0.25, -0.2) is 9.97 Å². The molecule has 6 heteroatoms. The second-order valence-corrected chi connectivity index (χ2v) is 5.63. The normalized spacial score (nSPS) is 10.6. The van der Waals surface area contributed by atoms with Crippen LogP contribution in [0.25, 0.3) is 0 Å². The Bertz CT molecular complexity index is 640. The molecule has 1 heterocycles. The predicted octanol–water partition coefficient (Wildman–Crippen LogP) is 1.69. The quantitative estimate of drug-likeness (QED) is 0.814. The van der Waals surface area contributed by atoms with Gasteiger partial charge in [0, 0.05) is 32.0 Å². The van der Waals surface area contributed by atoms with Gasteiger partial charge in [0.25, 0.3) is 5.91 Å². The summed E-state index contributed by atoms with van der Waals surface area (Å²) in [5, 5.41) is 6.00. The second-order valence-electron chi connectivity index (χ2n) is 5.63. The van der Waals surface area contributed by atoms with Gasteiger partial charge in [-0.2, -0.15) is 0 Å². The molecule has 6 nitrogen and oxygen atoms in total. The number of likely N-dealkylation sites (N-methyl/N-ethyl adjacent to an activating group) is 1. The van der Waals surface area contributed by atoms with Gasteiger partial charge in [-0.15, -0.1) is 0 Å². The molecule has 122 valence electrons. The van der Waals surface area contributed by atoms with Crippen LogP contribution in [0.2, 0.25) is 0 Å². The lowest BCUT2D eigenvalue weighted by atomic mass is 10.1. The highest BCUT2D eigenvalue weighted by Gasteiger charge is 2.07. The molecule has 2 aromatic rings. The Morgan fingerprint density at radius 3 is 2.52 bits per heavy atom. The lowest BCUT2D eigenvalue weighted by Crippen LogP contribution is -2.31. The van der Waals surface area contributed by atoms with Gasteiger partial charge in [-0.05, 0) is 32.1 Å². The zero-order chi connectivity index (χ0) is 16.7. The van der Waals surface area contributed by atoms with Gasteiger partial charge in [0.05, 0.1) is 5.56 Å². The van der Waals surface area contributed by atoms with E-state index in [1.165, 1.54) is 23.5 Å². The van der Waals surface area contributed by atoms with Gasteiger partial charge in [-0.1, -0.05) is 24.3 Å². The SMILES string of the molecule is Cc1ccccc1CNc1ncc(C(=O)NCCN(C)C)cn1. The molecule has 2 N–H and O–H groups in total. The van der Waals surface area contributed by atoms with E-state index in [2.05, 4.69) is 39.7 Å². The molecule has 0 saturated carbocycles. The van der Waals surface area contributed by atoms with E-state index >= 15 is 0 Å². The minimum absolute atomic E-state index is 0.155. The molecule has 0 aliphatic heterocycles. The van der Waals surface area contributed by atoms with E-state index in [4.69, 9.17) is 0 Å². The van der Waals surface area contributed by atoms with E-state index in [0.717, 1.165) is 6.54 Å². The van der Waals surface area contributed by atoms with Gasteiger partial charge in [0.1, 0.15) is 0 Å². The van der Waals surface area contributed by atoms with Crippen LogP contribution >= 0.6 is 0 Å². The molecule has 0 aliphatic rings. The van der Waals surface area contributed by atoms with E-state index in [-0.39, 0.29) is 5.91 Å². The lowest BCUT2D eigenvalue weighted by Gasteiger charge is -2.10. The van der Waals surface area contributed by atoms with Crippen molar-refractivity contribution in [3.8, 4) is 0 Å². The second kappa shape index (κ2) is 8.24. The summed E-state index contributed by atoms with van der Waals surface area (Å²) in [6.45, 7) is 4.11. The van der Waals surface area contributed by atoms with Crippen molar-refractivity contribution in [1.29, 1.82) is 0 Å². The molecule has 1 amide bonds. The molecule has 0 saturated heterocycles. The highest BCUT2D eigenvalue weighted by Crippen LogP contribution is 2.09. The first-order valence-corrected chi connectivity index (χ1v) is 7.59. The molecule has 0 unspecified atom stereocenters. The number of carbonyl (C=O) groups is 1. The maximum absolute atomic E-state index is 11.9. The average molecular weight is 313 g/mol. The predicted molar refractivity (Wildman–Crippen MR) is 91.4 cm³/mol. The van der Waals surface area contributed by atoms with Crippen molar-refractivity contribution >= 4 is 11.9 Å². The van der Waals surface area contributed by atoms with Crippen LogP contribution in [0.3, 0.4) is 0 Å². The molecule has 0 radical (unpaired) electrons. The van der Waals surface area contributed by atoms with Crippen molar-refractivity contribution in [3.05, 3.63) is 53.3 Å². The fourth-order valence-corrected chi connectivity index (χ4v) is 2.01. The molecule has 1 aromatic carbocycles. The first-order chi connectivity index (χ1) is 11.1. The number of carbonyl (C=O) groups excluding carboxylic acids is 1. The van der Waals surface area contributed by atoms with Crippen LogP contribution in [0.5, 0.6) is 0 Å². The highest BCUT2D eigenvalue weighted by molar-refractivity contribution is 5.93. The summed E-state index contributed by atoms with van der Waals surface area (Å²) in [4.78, 5) is 22.3. The summed E-state index contributed by atoms with van der Waals surface area (Å²) in [5.74, 6) is 0.357. The number of rotatable bonds is 7. The number of aromatic nitrogens is 2. The van der Waals surface area contributed by atoms with E-state index in [9.17, 15) is 4.79 Å². The largest absolute Gasteiger partial charge is 0.351 e. The van der Waals surface area contributed by atoms with Gasteiger partial charge in [-0.3, -0.25) is 4.79 Å². The number of benzene rings is 1. The third kappa shape index (κ3) is 5.34. The molecule has 0 fully saturated rings. The van der Waals surface area contributed by atoms with Crippen LogP contribution < -0.4 is 10.6 Å². The molecular weight excluding hydrogens is 290 g/mol. The smallest absolute Gasteiger partial charge is 0.254 e. The molecule has 23 heavy (non-hydrogen) atoms. The van der Waals surface area contributed by atoms with Crippen molar-refractivity contribution in [2.45, 2.75) is 13.5 Å². The summed E-state index contributed by atoms with van der Waals surface area (Å²) in [7, 11) is 3.92. The maximum atomic E-state index is 11.9. The van der Waals surface area contributed by atoms with Gasteiger partial charge >= 0.3 is 0 Å². The first kappa shape index (κ1) is 16.9. The van der Waals surface area contributed by atoms with Crippen LogP contribution in [-0.2, 0) is 6.54 Å². The lowest BCUT2D eigenvalue weighted by molar-refractivity contribution is 0.0950. The van der Waals surface area contributed by atoms with Crippen molar-refractivity contribution in [2.24, 2.45) is 0 Å². The maximum Gasteiger partial charge on any atom is 0.254 e. The monoisotopic (exact) mass is 313 g/mol. The third-order valence-electron chi connectivity index (χ3n) is 3.46. The minimum Gasteiger partial charge on any atom is -0.351 e. The van der Waals surface area contributed by atoms with E-state index in [1.54, 1.807) is 0 Å². The highest BCUT2D eigenvalue weighted by atomic mass is 16.1. The Hall–Kier alpha value is -2.47. The Morgan fingerprint density at radius 1 is 1.17 bits per heavy atom. The molecule has 0 bridgehead atoms. The van der Waals surface area contributed by atoms with Crippen LogP contribution in [0.4, 0.5) is 5.95 Å². The van der Waals surface area contributed by atoms with E-state index in [1.807, 2.05) is 31.1 Å². The van der Waals surface area contributed by atoms with Crippen molar-refractivity contribution in [1.82, 2.24) is 20.2 Å². The van der Waals surface area contributed by atoms with Crippen molar-refractivity contribution in [2.75, 3.05) is 32.5 Å². The zero-order valence-electron chi connectivity index (χ0n) is 13.8. The molecule has 2 rings (SSSR count). The van der Waals surface area contributed by atoms with Crippen molar-refractivity contribution in [3.63, 3.8) is 0 Å². The molecule has 1 aromatic heterocycles. The summed E-state index contributed by atoms with van der Waals surface area (Å²) in [5.41, 5.74) is 2.88. The zero-order valence-corrected chi connectivity index (χ0v) is 13.8. The average Bonchev–Trinajstić information content (AvgIpc) is 2.54. The number of hydrogen-bond donors (Lipinski definition) is 2. The number of aryl methyl sites for hydroxylation is 1. The number of nitrogens with one attached hydrogen (secondary N) is 2. The fraction of sp³-hybridized carbons (Fsp3) is 0.353.